The number of aryl methyl sites for hydroxylation is 2. The number of benzene rings is 3. The van der Waals surface area contributed by atoms with Gasteiger partial charge in [-0.2, -0.15) is 0 Å². The highest BCUT2D eigenvalue weighted by molar-refractivity contribution is 7.81. The first kappa shape index (κ1) is 21.9. The maximum atomic E-state index is 12.7. The fourth-order valence-corrected chi connectivity index (χ4v) is 4.60. The van der Waals surface area contributed by atoms with E-state index in [1.807, 2.05) is 67.8 Å². The summed E-state index contributed by atoms with van der Waals surface area (Å²) < 4.78 is 25.2. The zero-order valence-corrected chi connectivity index (χ0v) is 19.1. The van der Waals surface area contributed by atoms with Crippen molar-refractivity contribution in [3.05, 3.63) is 94.9 Å². The van der Waals surface area contributed by atoms with Crippen molar-refractivity contribution in [3.63, 3.8) is 0 Å². The number of carbonyl (C=O) groups is 1. The largest absolute Gasteiger partial charge is 0.755 e. The molecular formula is C24H20N3O3S2-. The van der Waals surface area contributed by atoms with Crippen molar-refractivity contribution in [2.45, 2.75) is 13.8 Å². The number of nitrogens with zero attached hydrogens (tertiary/aromatic N) is 2. The molecule has 8 heteroatoms. The molecule has 0 saturated carbocycles. The van der Waals surface area contributed by atoms with E-state index in [1.54, 1.807) is 24.3 Å². The van der Waals surface area contributed by atoms with Crippen LogP contribution in [0, 0.1) is 13.8 Å². The van der Waals surface area contributed by atoms with Crippen molar-refractivity contribution < 1.29 is 13.6 Å². The Morgan fingerprint density at radius 3 is 2.44 bits per heavy atom. The van der Waals surface area contributed by atoms with Crippen LogP contribution < -0.4 is 9.62 Å². The average Bonchev–Trinajstić information content (AvgIpc) is 3.25. The Morgan fingerprint density at radius 1 is 1.03 bits per heavy atom. The maximum Gasteiger partial charge on any atom is 0.257 e. The smallest absolute Gasteiger partial charge is 0.257 e. The van der Waals surface area contributed by atoms with Gasteiger partial charge in [-0.1, -0.05) is 42.5 Å². The van der Waals surface area contributed by atoms with Crippen LogP contribution in [-0.2, 0) is 11.3 Å². The Labute approximate surface area is 193 Å². The van der Waals surface area contributed by atoms with E-state index >= 15 is 0 Å². The van der Waals surface area contributed by atoms with Gasteiger partial charge in [0.2, 0.25) is 0 Å². The molecule has 1 aromatic heterocycles. The number of thiazole rings is 1. The predicted molar refractivity (Wildman–Crippen MR) is 129 cm³/mol. The van der Waals surface area contributed by atoms with Crippen LogP contribution in [0.15, 0.2) is 78.2 Å². The van der Waals surface area contributed by atoms with Crippen molar-refractivity contribution in [2.24, 2.45) is 0 Å². The summed E-state index contributed by atoms with van der Waals surface area (Å²) >= 11 is -1.17. The molecule has 1 heterocycles. The van der Waals surface area contributed by atoms with Gasteiger partial charge in [-0.15, -0.1) is 11.3 Å². The van der Waals surface area contributed by atoms with Crippen LogP contribution in [0.1, 0.15) is 21.5 Å². The zero-order chi connectivity index (χ0) is 22.7. The molecule has 0 radical (unpaired) electrons. The number of anilines is 3. The van der Waals surface area contributed by atoms with E-state index in [4.69, 9.17) is 0 Å². The standard InChI is InChI=1S/C24H21N3O3S2/c1-16-8-9-17(2)22(14-16)27(32(29)30)20-12-10-19(11-13-20)23(28)26-24-25-21(15-31-24)18-6-4-3-5-7-18/h3-15H,1-2H3,(H,29,30)(H,25,26,28)/p-1. The van der Waals surface area contributed by atoms with Crippen LogP contribution in [0.4, 0.5) is 16.5 Å². The number of carbonyl (C=O) groups excluding carboxylic acids is 1. The third kappa shape index (κ3) is 4.77. The molecule has 1 N–H and O–H groups in total. The summed E-state index contributed by atoms with van der Waals surface area (Å²) in [5, 5.41) is 5.19. The molecule has 0 bridgehead atoms. The molecule has 3 aromatic carbocycles. The fraction of sp³-hybridized carbons (Fsp3) is 0.0833. The second-order valence-corrected chi connectivity index (χ2v) is 8.86. The summed E-state index contributed by atoms with van der Waals surface area (Å²) in [6.45, 7) is 3.76. The van der Waals surface area contributed by atoms with E-state index in [0.29, 0.717) is 22.1 Å². The minimum absolute atomic E-state index is 0.313. The topological polar surface area (TPSA) is 85.4 Å². The first-order valence-electron chi connectivity index (χ1n) is 9.81. The molecular weight excluding hydrogens is 442 g/mol. The van der Waals surface area contributed by atoms with Gasteiger partial charge in [-0.25, -0.2) is 4.98 Å². The van der Waals surface area contributed by atoms with Gasteiger partial charge >= 0.3 is 0 Å². The molecule has 4 rings (SSSR count). The lowest BCUT2D eigenvalue weighted by atomic mass is 10.1. The van der Waals surface area contributed by atoms with Gasteiger partial charge in [0, 0.05) is 16.5 Å². The highest BCUT2D eigenvalue weighted by atomic mass is 32.2. The molecule has 1 amide bonds. The predicted octanol–water partition coefficient (Wildman–Crippen LogP) is 5.61. The Kier molecular flexibility index (Phi) is 6.45. The van der Waals surface area contributed by atoms with Gasteiger partial charge in [0.1, 0.15) is 0 Å². The normalized spacial score (nSPS) is 11.7. The van der Waals surface area contributed by atoms with Crippen LogP contribution in [0.5, 0.6) is 0 Å². The average molecular weight is 463 g/mol. The summed E-state index contributed by atoms with van der Waals surface area (Å²) in [6.07, 6.45) is 0. The number of aromatic nitrogens is 1. The first-order valence-corrected chi connectivity index (χ1v) is 11.7. The second kappa shape index (κ2) is 9.44. The molecule has 162 valence electrons. The van der Waals surface area contributed by atoms with E-state index in [1.165, 1.54) is 15.6 Å². The summed E-state index contributed by atoms with van der Waals surface area (Å²) in [4.78, 5) is 17.1. The lowest BCUT2D eigenvalue weighted by Gasteiger charge is -2.28. The molecule has 0 fully saturated rings. The Balaban J connectivity index is 1.53. The number of hydrogen-bond donors (Lipinski definition) is 1. The summed E-state index contributed by atoms with van der Waals surface area (Å²) in [5.41, 5.74) is 4.99. The van der Waals surface area contributed by atoms with E-state index in [-0.39, 0.29) is 5.91 Å². The number of nitrogens with one attached hydrogen (secondary N) is 1. The van der Waals surface area contributed by atoms with Crippen molar-refractivity contribution in [1.82, 2.24) is 4.98 Å². The lowest BCUT2D eigenvalue weighted by molar-refractivity contribution is 0.102. The molecule has 6 nitrogen and oxygen atoms in total. The Morgan fingerprint density at radius 2 is 1.75 bits per heavy atom. The monoisotopic (exact) mass is 462 g/mol. The summed E-state index contributed by atoms with van der Waals surface area (Å²) in [6, 6.07) is 21.8. The summed E-state index contributed by atoms with van der Waals surface area (Å²) in [5.74, 6) is -0.313. The van der Waals surface area contributed by atoms with Crippen LogP contribution in [0.2, 0.25) is 0 Å². The third-order valence-corrected chi connectivity index (χ3v) is 6.35. The molecule has 1 unspecified atom stereocenters. The van der Waals surface area contributed by atoms with Crippen molar-refractivity contribution in [1.29, 1.82) is 0 Å². The van der Waals surface area contributed by atoms with E-state index in [2.05, 4.69) is 10.3 Å². The number of amides is 1. The van der Waals surface area contributed by atoms with E-state index in [0.717, 1.165) is 22.4 Å². The van der Waals surface area contributed by atoms with Crippen LogP contribution in [0.3, 0.4) is 0 Å². The van der Waals surface area contributed by atoms with Gasteiger partial charge in [-0.3, -0.25) is 18.6 Å². The quantitative estimate of drug-likeness (QED) is 0.377. The van der Waals surface area contributed by atoms with Crippen molar-refractivity contribution in [2.75, 3.05) is 9.62 Å². The minimum atomic E-state index is -2.51. The highest BCUT2D eigenvalue weighted by Gasteiger charge is 2.15. The van der Waals surface area contributed by atoms with E-state index in [9.17, 15) is 13.6 Å². The van der Waals surface area contributed by atoms with Crippen LogP contribution >= 0.6 is 11.3 Å². The minimum Gasteiger partial charge on any atom is -0.755 e. The SMILES string of the molecule is Cc1ccc(C)c(N(c2ccc(C(=O)Nc3nc(-c4ccccc4)cs3)cc2)S(=O)[O-])c1. The van der Waals surface area contributed by atoms with Gasteiger partial charge in [-0.05, 0) is 55.3 Å². The number of rotatable bonds is 6. The van der Waals surface area contributed by atoms with E-state index < -0.39 is 11.3 Å². The molecule has 0 aliphatic rings. The molecule has 0 aliphatic carbocycles. The molecule has 0 saturated heterocycles. The van der Waals surface area contributed by atoms with Crippen molar-refractivity contribution >= 4 is 45.0 Å². The van der Waals surface area contributed by atoms with Gasteiger partial charge in [0.05, 0.1) is 28.3 Å². The molecule has 32 heavy (non-hydrogen) atoms. The maximum absolute atomic E-state index is 12.7. The van der Waals surface area contributed by atoms with Gasteiger partial charge in [0.25, 0.3) is 5.91 Å². The first-order chi connectivity index (χ1) is 15.4. The fourth-order valence-electron chi connectivity index (χ4n) is 3.23. The van der Waals surface area contributed by atoms with Gasteiger partial charge < -0.3 is 4.55 Å². The van der Waals surface area contributed by atoms with Crippen molar-refractivity contribution in [3.8, 4) is 11.3 Å². The molecule has 0 aliphatic heterocycles. The third-order valence-electron chi connectivity index (χ3n) is 4.89. The van der Waals surface area contributed by atoms with Gasteiger partial charge in [0.15, 0.2) is 5.13 Å². The van der Waals surface area contributed by atoms with Crippen LogP contribution in [-0.4, -0.2) is 19.7 Å². The molecule has 0 spiro atoms. The van der Waals surface area contributed by atoms with Crippen LogP contribution in [0.25, 0.3) is 11.3 Å². The molecule has 4 aromatic rings. The summed E-state index contributed by atoms with van der Waals surface area (Å²) in [7, 11) is 0. The zero-order valence-electron chi connectivity index (χ0n) is 17.4. The Bertz CT molecular complexity index is 1270. The lowest BCUT2D eigenvalue weighted by Crippen LogP contribution is -2.21. The second-order valence-electron chi connectivity index (χ2n) is 7.21. The Hall–Kier alpha value is -3.33. The highest BCUT2D eigenvalue weighted by Crippen LogP contribution is 2.31. The number of hydrogen-bond acceptors (Lipinski definition) is 5. The molecule has 1 atom stereocenters.